The minimum atomic E-state index is -4.33. The van der Waals surface area contributed by atoms with Gasteiger partial charge in [0.15, 0.2) is 0 Å². The molecule has 6 heteroatoms. The summed E-state index contributed by atoms with van der Waals surface area (Å²) in [4.78, 5) is 11.5. The van der Waals surface area contributed by atoms with Crippen molar-refractivity contribution in [2.24, 2.45) is 11.8 Å². The van der Waals surface area contributed by atoms with Crippen molar-refractivity contribution in [3.63, 3.8) is 0 Å². The molecule has 2 aliphatic heterocycles. The van der Waals surface area contributed by atoms with E-state index in [1.807, 2.05) is 0 Å². The van der Waals surface area contributed by atoms with Crippen molar-refractivity contribution in [1.29, 1.82) is 0 Å². The summed E-state index contributed by atoms with van der Waals surface area (Å²) in [6.07, 6.45) is -3.21. The van der Waals surface area contributed by atoms with Crippen LogP contribution in [0.15, 0.2) is 0 Å². The fourth-order valence-electron chi connectivity index (χ4n) is 2.85. The first-order valence-corrected chi connectivity index (χ1v) is 5.44. The predicted octanol–water partition coefficient (Wildman–Crippen LogP) is 1.48. The average Bonchev–Trinajstić information content (AvgIpc) is 2.74. The molecule has 3 nitrogen and oxygen atoms in total. The molecule has 2 fully saturated rings. The minimum Gasteiger partial charge on any atom is -0.466 e. The summed E-state index contributed by atoms with van der Waals surface area (Å²) in [7, 11) is 0. The van der Waals surface area contributed by atoms with E-state index in [-0.39, 0.29) is 12.6 Å². The first-order chi connectivity index (χ1) is 7.45. The fraction of sp³-hybridized carbons (Fsp3) is 0.900. The molecule has 2 saturated heterocycles. The van der Waals surface area contributed by atoms with Crippen molar-refractivity contribution in [2.75, 3.05) is 6.61 Å². The van der Waals surface area contributed by atoms with Gasteiger partial charge in [-0.1, -0.05) is 0 Å². The Bertz CT molecular complexity index is 292. The van der Waals surface area contributed by atoms with Crippen LogP contribution in [0.5, 0.6) is 0 Å². The number of carbonyl (C=O) groups excluding carboxylic acids is 1. The maximum atomic E-state index is 12.8. The third-order valence-electron chi connectivity index (χ3n) is 3.41. The molecule has 0 amide bonds. The number of rotatable bonds is 2. The van der Waals surface area contributed by atoms with Crippen LogP contribution in [-0.4, -0.2) is 30.8 Å². The molecule has 4 atom stereocenters. The van der Waals surface area contributed by atoms with Gasteiger partial charge >= 0.3 is 12.1 Å². The Hall–Kier alpha value is -0.780. The van der Waals surface area contributed by atoms with Crippen LogP contribution in [0.2, 0.25) is 0 Å². The molecule has 2 rings (SSSR count). The van der Waals surface area contributed by atoms with Crippen molar-refractivity contribution in [3.05, 3.63) is 0 Å². The molecule has 2 bridgehead atoms. The minimum absolute atomic E-state index is 0.122. The zero-order valence-electron chi connectivity index (χ0n) is 8.88. The standard InChI is InChI=1S/C10H14F3NO2/c1-2-16-9(15)7-5-3-4-6(14-5)8(7)10(11,12)13/h5-8,14H,2-4H2,1H3/t5-,6+,7-,8+/m0/s1. The second-order valence-corrected chi connectivity index (χ2v) is 4.30. The highest BCUT2D eigenvalue weighted by atomic mass is 19.4. The van der Waals surface area contributed by atoms with Crippen molar-refractivity contribution < 1.29 is 22.7 Å². The number of nitrogens with one attached hydrogen (secondary N) is 1. The first kappa shape index (κ1) is 11.7. The topological polar surface area (TPSA) is 38.3 Å². The maximum absolute atomic E-state index is 12.8. The quantitative estimate of drug-likeness (QED) is 0.739. The van der Waals surface area contributed by atoms with Gasteiger partial charge in [-0.15, -0.1) is 0 Å². The Kier molecular flexibility index (Phi) is 2.86. The van der Waals surface area contributed by atoms with Crippen molar-refractivity contribution in [2.45, 2.75) is 38.0 Å². The molecule has 0 unspecified atom stereocenters. The van der Waals surface area contributed by atoms with Crippen LogP contribution < -0.4 is 5.32 Å². The molecule has 2 heterocycles. The monoisotopic (exact) mass is 237 g/mol. The number of alkyl halides is 3. The van der Waals surface area contributed by atoms with E-state index in [1.165, 1.54) is 0 Å². The molecule has 2 aliphatic rings. The molecule has 0 spiro atoms. The number of halogens is 3. The third kappa shape index (κ3) is 1.79. The highest BCUT2D eigenvalue weighted by molar-refractivity contribution is 5.74. The highest BCUT2D eigenvalue weighted by Crippen LogP contribution is 2.47. The molecular formula is C10H14F3NO2. The Balaban J connectivity index is 2.18. The van der Waals surface area contributed by atoms with Gasteiger partial charge in [0.2, 0.25) is 0 Å². The second kappa shape index (κ2) is 3.91. The smallest absolute Gasteiger partial charge is 0.394 e. The van der Waals surface area contributed by atoms with Crippen LogP contribution in [-0.2, 0) is 9.53 Å². The van der Waals surface area contributed by atoms with Crippen molar-refractivity contribution in [3.8, 4) is 0 Å². The molecule has 16 heavy (non-hydrogen) atoms. The van der Waals surface area contributed by atoms with Crippen molar-refractivity contribution >= 4 is 5.97 Å². The van der Waals surface area contributed by atoms with E-state index < -0.39 is 30.0 Å². The molecule has 0 aromatic carbocycles. The largest absolute Gasteiger partial charge is 0.466 e. The molecular weight excluding hydrogens is 223 g/mol. The number of ether oxygens (including phenoxy) is 1. The number of hydrogen-bond acceptors (Lipinski definition) is 3. The predicted molar refractivity (Wildman–Crippen MR) is 49.6 cm³/mol. The van der Waals surface area contributed by atoms with E-state index in [0.717, 1.165) is 0 Å². The van der Waals surface area contributed by atoms with E-state index >= 15 is 0 Å². The molecule has 92 valence electrons. The lowest BCUT2D eigenvalue weighted by atomic mass is 9.79. The van der Waals surface area contributed by atoms with Gasteiger partial charge in [0.25, 0.3) is 0 Å². The zero-order chi connectivity index (χ0) is 11.9. The summed E-state index contributed by atoms with van der Waals surface area (Å²) in [5.41, 5.74) is 0. The Morgan fingerprint density at radius 3 is 2.56 bits per heavy atom. The van der Waals surface area contributed by atoms with Gasteiger partial charge in [-0.2, -0.15) is 13.2 Å². The normalized spacial score (nSPS) is 37.8. The number of hydrogen-bond donors (Lipinski definition) is 1. The summed E-state index contributed by atoms with van der Waals surface area (Å²) in [6.45, 7) is 1.72. The Morgan fingerprint density at radius 2 is 2.00 bits per heavy atom. The van der Waals surface area contributed by atoms with E-state index in [0.29, 0.717) is 12.8 Å². The Labute approximate surface area is 91.3 Å². The molecule has 0 aromatic heterocycles. The highest BCUT2D eigenvalue weighted by Gasteiger charge is 2.61. The second-order valence-electron chi connectivity index (χ2n) is 4.30. The van der Waals surface area contributed by atoms with Crippen LogP contribution >= 0.6 is 0 Å². The SMILES string of the molecule is CCOC(=O)[C@@H]1[C@H](C(F)(F)F)[C@H]2CC[C@@H]1N2. The van der Waals surface area contributed by atoms with E-state index in [1.54, 1.807) is 6.92 Å². The van der Waals surface area contributed by atoms with Gasteiger partial charge in [0.05, 0.1) is 18.4 Å². The summed E-state index contributed by atoms with van der Waals surface area (Å²) in [5, 5.41) is 2.85. The third-order valence-corrected chi connectivity index (χ3v) is 3.41. The van der Waals surface area contributed by atoms with Crippen LogP contribution in [0.1, 0.15) is 19.8 Å². The fourth-order valence-corrected chi connectivity index (χ4v) is 2.85. The first-order valence-electron chi connectivity index (χ1n) is 5.44. The lowest BCUT2D eigenvalue weighted by Gasteiger charge is -2.29. The van der Waals surface area contributed by atoms with E-state index in [4.69, 9.17) is 4.74 Å². The van der Waals surface area contributed by atoms with Gasteiger partial charge in [-0.25, -0.2) is 0 Å². The van der Waals surface area contributed by atoms with Gasteiger partial charge < -0.3 is 10.1 Å². The lowest BCUT2D eigenvalue weighted by molar-refractivity contribution is -0.200. The number of fused-ring (bicyclic) bond motifs is 2. The number of esters is 1. The molecule has 1 N–H and O–H groups in total. The van der Waals surface area contributed by atoms with Gasteiger partial charge in [0, 0.05) is 12.1 Å². The average molecular weight is 237 g/mol. The molecule has 0 aliphatic carbocycles. The van der Waals surface area contributed by atoms with Crippen LogP contribution in [0.25, 0.3) is 0 Å². The van der Waals surface area contributed by atoms with Gasteiger partial charge in [-0.3, -0.25) is 4.79 Å². The summed E-state index contributed by atoms with van der Waals surface area (Å²) >= 11 is 0. The van der Waals surface area contributed by atoms with E-state index in [2.05, 4.69) is 5.32 Å². The van der Waals surface area contributed by atoms with E-state index in [9.17, 15) is 18.0 Å². The Morgan fingerprint density at radius 1 is 1.38 bits per heavy atom. The van der Waals surface area contributed by atoms with Gasteiger partial charge in [0.1, 0.15) is 0 Å². The lowest BCUT2D eigenvalue weighted by Crippen LogP contribution is -2.42. The van der Waals surface area contributed by atoms with Gasteiger partial charge in [-0.05, 0) is 19.8 Å². The molecule has 0 aromatic rings. The van der Waals surface area contributed by atoms with Crippen LogP contribution in [0.4, 0.5) is 13.2 Å². The summed E-state index contributed by atoms with van der Waals surface area (Å²) < 4.78 is 43.2. The van der Waals surface area contributed by atoms with Crippen LogP contribution in [0, 0.1) is 11.8 Å². The van der Waals surface area contributed by atoms with Crippen molar-refractivity contribution in [1.82, 2.24) is 5.32 Å². The summed E-state index contributed by atoms with van der Waals surface area (Å²) in [6, 6.07) is -0.977. The molecule has 0 radical (unpaired) electrons. The maximum Gasteiger partial charge on any atom is 0.394 e. The van der Waals surface area contributed by atoms with Crippen LogP contribution in [0.3, 0.4) is 0 Å². The molecule has 0 saturated carbocycles. The summed E-state index contributed by atoms with van der Waals surface area (Å²) in [5.74, 6) is -3.35. The number of carbonyl (C=O) groups is 1. The zero-order valence-corrected chi connectivity index (χ0v) is 8.88.